The van der Waals surface area contributed by atoms with Gasteiger partial charge < -0.3 is 9.47 Å². The second kappa shape index (κ2) is 5.22. The molecule has 0 N–H and O–H groups in total. The number of hydrogen-bond donors (Lipinski definition) is 0. The Labute approximate surface area is 110 Å². The molecule has 0 bridgehead atoms. The first kappa shape index (κ1) is 13.3. The number of aryl methyl sites for hydroxylation is 1. The molecule has 1 amide bonds. The molecule has 3 atom stereocenters. The van der Waals surface area contributed by atoms with Gasteiger partial charge in [-0.15, -0.1) is 0 Å². The van der Waals surface area contributed by atoms with Crippen LogP contribution in [0.25, 0.3) is 0 Å². The van der Waals surface area contributed by atoms with Gasteiger partial charge in [-0.05, 0) is 20.8 Å². The lowest BCUT2D eigenvalue weighted by Gasteiger charge is -2.37. The largest absolute Gasteiger partial charge is 0.331 e. The van der Waals surface area contributed by atoms with Gasteiger partial charge in [0.05, 0.1) is 5.25 Å². The quantitative estimate of drug-likeness (QED) is 0.801. The van der Waals surface area contributed by atoms with Gasteiger partial charge in [0.15, 0.2) is 5.82 Å². The smallest absolute Gasteiger partial charge is 0.290 e. The van der Waals surface area contributed by atoms with E-state index < -0.39 is 10.8 Å². The summed E-state index contributed by atoms with van der Waals surface area (Å²) in [4.78, 5) is 18.4. The van der Waals surface area contributed by atoms with Crippen molar-refractivity contribution in [2.45, 2.75) is 38.6 Å². The Bertz CT molecular complexity index is 472. The molecule has 0 spiro atoms. The second-order valence-corrected chi connectivity index (χ2v) is 6.48. The Kier molecular flexibility index (Phi) is 3.85. The first-order valence-electron chi connectivity index (χ1n) is 6.25. The summed E-state index contributed by atoms with van der Waals surface area (Å²) in [6.07, 6.45) is 3.45. The molecular weight excluding hydrogens is 250 g/mol. The lowest BCUT2D eigenvalue weighted by Crippen LogP contribution is -2.52. The number of imidazole rings is 1. The van der Waals surface area contributed by atoms with E-state index in [-0.39, 0.29) is 17.2 Å². The molecule has 3 unspecified atom stereocenters. The van der Waals surface area contributed by atoms with Crippen LogP contribution in [-0.2, 0) is 17.3 Å². The van der Waals surface area contributed by atoms with Gasteiger partial charge in [0.2, 0.25) is 0 Å². The van der Waals surface area contributed by atoms with E-state index >= 15 is 0 Å². The summed E-state index contributed by atoms with van der Waals surface area (Å²) in [5, 5.41) is 0.0211. The molecule has 0 saturated carbocycles. The van der Waals surface area contributed by atoms with Crippen LogP contribution in [0.15, 0.2) is 12.4 Å². The van der Waals surface area contributed by atoms with Gasteiger partial charge in [0.1, 0.15) is 0 Å². The zero-order chi connectivity index (χ0) is 13.3. The molecule has 100 valence electrons. The number of carbonyl (C=O) groups is 1. The molecule has 18 heavy (non-hydrogen) atoms. The summed E-state index contributed by atoms with van der Waals surface area (Å²) in [5.41, 5.74) is 0. The molecule has 0 aliphatic carbocycles. The van der Waals surface area contributed by atoms with E-state index in [1.165, 1.54) is 0 Å². The fraction of sp³-hybridized carbons (Fsp3) is 0.667. The summed E-state index contributed by atoms with van der Waals surface area (Å²) < 4.78 is 13.6. The van der Waals surface area contributed by atoms with Crippen LogP contribution in [0.5, 0.6) is 0 Å². The summed E-state index contributed by atoms with van der Waals surface area (Å²) in [6.45, 7) is 7.15. The maximum absolute atomic E-state index is 12.4. The molecule has 0 aromatic carbocycles. The van der Waals surface area contributed by atoms with E-state index in [1.807, 2.05) is 31.5 Å². The molecule has 2 rings (SSSR count). The van der Waals surface area contributed by atoms with Crippen LogP contribution in [0.1, 0.15) is 31.4 Å². The van der Waals surface area contributed by atoms with Gasteiger partial charge in [-0.1, -0.05) is 0 Å². The van der Waals surface area contributed by atoms with Gasteiger partial charge in [-0.2, -0.15) is 0 Å². The minimum atomic E-state index is -0.827. The second-order valence-electron chi connectivity index (χ2n) is 4.57. The molecule has 1 aliphatic rings. The Morgan fingerprint density at radius 2 is 2.28 bits per heavy atom. The zero-order valence-corrected chi connectivity index (χ0v) is 11.8. The monoisotopic (exact) mass is 269 g/mol. The van der Waals surface area contributed by atoms with Crippen LogP contribution >= 0.6 is 0 Å². The average molecular weight is 269 g/mol. The Morgan fingerprint density at radius 1 is 1.56 bits per heavy atom. The minimum absolute atomic E-state index is 0.00547. The molecule has 0 radical (unpaired) electrons. The molecule has 1 saturated heterocycles. The Morgan fingerprint density at radius 3 is 2.94 bits per heavy atom. The van der Waals surface area contributed by atoms with Crippen LogP contribution in [0, 0.1) is 0 Å². The standard InChI is InChI=1S/C12H19N3O2S/c1-4-14-6-5-13-11(14)12(16)15-7-8-18(17)10(3)9(15)2/h5-6,9-10H,4,7-8H2,1-3H3. The third kappa shape index (κ3) is 2.21. The fourth-order valence-corrected chi connectivity index (χ4v) is 3.56. The summed E-state index contributed by atoms with van der Waals surface area (Å²) in [6, 6.07) is -0.00547. The van der Waals surface area contributed by atoms with Crippen LogP contribution in [0.4, 0.5) is 0 Å². The third-order valence-corrected chi connectivity index (χ3v) is 5.44. The highest BCUT2D eigenvalue weighted by Gasteiger charge is 2.34. The van der Waals surface area contributed by atoms with Crippen molar-refractivity contribution in [3.05, 3.63) is 18.2 Å². The molecular formula is C12H19N3O2S. The van der Waals surface area contributed by atoms with Crippen molar-refractivity contribution in [3.8, 4) is 0 Å². The summed E-state index contributed by atoms with van der Waals surface area (Å²) in [7, 11) is -0.827. The normalized spacial score (nSPS) is 28.4. The predicted octanol–water partition coefficient (Wildman–Crippen LogP) is 0.884. The maximum atomic E-state index is 12.4. The number of amides is 1. The minimum Gasteiger partial charge on any atom is -0.331 e. The van der Waals surface area contributed by atoms with E-state index in [1.54, 1.807) is 11.1 Å². The maximum Gasteiger partial charge on any atom is 0.290 e. The van der Waals surface area contributed by atoms with Crippen molar-refractivity contribution in [2.24, 2.45) is 0 Å². The molecule has 1 fully saturated rings. The topological polar surface area (TPSA) is 55.2 Å². The predicted molar refractivity (Wildman–Crippen MR) is 70.9 cm³/mol. The third-order valence-electron chi connectivity index (χ3n) is 3.63. The van der Waals surface area contributed by atoms with Crippen molar-refractivity contribution >= 4 is 16.7 Å². The van der Waals surface area contributed by atoms with E-state index in [9.17, 15) is 9.00 Å². The highest BCUT2D eigenvalue weighted by Crippen LogP contribution is 2.18. The Balaban J connectivity index is 2.22. The highest BCUT2D eigenvalue weighted by atomic mass is 32.2. The van der Waals surface area contributed by atoms with Gasteiger partial charge in [-0.25, -0.2) is 4.98 Å². The van der Waals surface area contributed by atoms with Crippen LogP contribution in [-0.4, -0.2) is 48.2 Å². The molecule has 6 heteroatoms. The number of aromatic nitrogens is 2. The van der Waals surface area contributed by atoms with Crippen LogP contribution in [0.3, 0.4) is 0 Å². The molecule has 5 nitrogen and oxygen atoms in total. The van der Waals surface area contributed by atoms with E-state index in [0.717, 1.165) is 6.54 Å². The van der Waals surface area contributed by atoms with E-state index in [0.29, 0.717) is 18.1 Å². The van der Waals surface area contributed by atoms with Crippen LogP contribution < -0.4 is 0 Å². The van der Waals surface area contributed by atoms with Crippen molar-refractivity contribution in [1.82, 2.24) is 14.5 Å². The average Bonchev–Trinajstić information content (AvgIpc) is 2.83. The lowest BCUT2D eigenvalue weighted by molar-refractivity contribution is 0.0678. The lowest BCUT2D eigenvalue weighted by atomic mass is 10.2. The fourth-order valence-electron chi connectivity index (χ4n) is 2.23. The van der Waals surface area contributed by atoms with Crippen molar-refractivity contribution in [3.63, 3.8) is 0 Å². The highest BCUT2D eigenvalue weighted by molar-refractivity contribution is 7.85. The van der Waals surface area contributed by atoms with Gasteiger partial charge in [0.25, 0.3) is 5.91 Å². The van der Waals surface area contributed by atoms with Crippen molar-refractivity contribution in [1.29, 1.82) is 0 Å². The molecule has 1 aliphatic heterocycles. The molecule has 1 aromatic heterocycles. The van der Waals surface area contributed by atoms with E-state index in [4.69, 9.17) is 0 Å². The first-order chi connectivity index (χ1) is 8.56. The molecule has 2 heterocycles. The van der Waals surface area contributed by atoms with Gasteiger partial charge in [0, 0.05) is 48.1 Å². The summed E-state index contributed by atoms with van der Waals surface area (Å²) in [5.74, 6) is 0.978. The van der Waals surface area contributed by atoms with Gasteiger partial charge in [-0.3, -0.25) is 9.00 Å². The van der Waals surface area contributed by atoms with Crippen LogP contribution in [0.2, 0.25) is 0 Å². The number of rotatable bonds is 2. The number of hydrogen-bond acceptors (Lipinski definition) is 3. The van der Waals surface area contributed by atoms with E-state index in [2.05, 4.69) is 4.98 Å². The first-order valence-corrected chi connectivity index (χ1v) is 7.63. The molecule has 1 aromatic rings. The SMILES string of the molecule is CCn1ccnc1C(=O)N1CCS(=O)C(C)C1C. The Hall–Kier alpha value is -1.17. The summed E-state index contributed by atoms with van der Waals surface area (Å²) >= 11 is 0. The van der Waals surface area contributed by atoms with Crippen molar-refractivity contribution in [2.75, 3.05) is 12.3 Å². The number of nitrogens with zero attached hydrogens (tertiary/aromatic N) is 3. The zero-order valence-electron chi connectivity index (χ0n) is 11.0. The van der Waals surface area contributed by atoms with Gasteiger partial charge >= 0.3 is 0 Å². The number of carbonyl (C=O) groups excluding carboxylic acids is 1. The van der Waals surface area contributed by atoms with Crippen molar-refractivity contribution < 1.29 is 9.00 Å².